The summed E-state index contributed by atoms with van der Waals surface area (Å²) in [6.07, 6.45) is 5.35. The molecule has 0 unspecified atom stereocenters. The first kappa shape index (κ1) is 15.4. The van der Waals surface area contributed by atoms with Gasteiger partial charge in [-0.15, -0.1) is 0 Å². The SMILES string of the molecule is CC(C)c1noc(Cn2ccnc2-c2ccccc2-c2ccco2)n1. The first-order valence-electron chi connectivity index (χ1n) is 8.19. The second-order valence-corrected chi connectivity index (χ2v) is 6.10. The standard InChI is InChI=1S/C19H18N4O2/c1-13(2)18-21-17(25-22-18)12-23-10-9-20-19(23)15-7-4-3-6-14(15)16-8-5-11-24-16/h3-11,13H,12H2,1-2H3. The van der Waals surface area contributed by atoms with Crippen LogP contribution in [0.3, 0.4) is 0 Å². The minimum Gasteiger partial charge on any atom is -0.464 e. The molecule has 0 fully saturated rings. The zero-order valence-electron chi connectivity index (χ0n) is 14.1. The van der Waals surface area contributed by atoms with Crippen LogP contribution in [-0.2, 0) is 6.54 Å². The molecule has 0 saturated carbocycles. The average Bonchev–Trinajstić information content (AvgIpc) is 3.37. The maximum absolute atomic E-state index is 5.57. The van der Waals surface area contributed by atoms with Crippen LogP contribution in [0.5, 0.6) is 0 Å². The molecule has 25 heavy (non-hydrogen) atoms. The van der Waals surface area contributed by atoms with E-state index < -0.39 is 0 Å². The first-order valence-corrected chi connectivity index (χ1v) is 8.19. The summed E-state index contributed by atoms with van der Waals surface area (Å²) in [6, 6.07) is 11.9. The topological polar surface area (TPSA) is 69.9 Å². The molecule has 4 rings (SSSR count). The van der Waals surface area contributed by atoms with Crippen molar-refractivity contribution in [2.45, 2.75) is 26.3 Å². The molecule has 0 aliphatic carbocycles. The van der Waals surface area contributed by atoms with Crippen molar-refractivity contribution in [2.75, 3.05) is 0 Å². The van der Waals surface area contributed by atoms with Crippen molar-refractivity contribution in [1.82, 2.24) is 19.7 Å². The molecule has 0 amide bonds. The largest absolute Gasteiger partial charge is 0.464 e. The minimum absolute atomic E-state index is 0.236. The Bertz CT molecular complexity index is 967. The van der Waals surface area contributed by atoms with Crippen molar-refractivity contribution in [2.24, 2.45) is 0 Å². The van der Waals surface area contributed by atoms with E-state index in [-0.39, 0.29) is 5.92 Å². The molecule has 0 radical (unpaired) electrons. The van der Waals surface area contributed by atoms with Crippen LogP contribution in [0.1, 0.15) is 31.5 Å². The van der Waals surface area contributed by atoms with Crippen molar-refractivity contribution in [3.8, 4) is 22.7 Å². The Morgan fingerprint density at radius 3 is 2.64 bits per heavy atom. The Balaban J connectivity index is 1.71. The van der Waals surface area contributed by atoms with Crippen LogP contribution >= 0.6 is 0 Å². The predicted octanol–water partition coefficient (Wildman–Crippen LogP) is 4.36. The number of aromatic nitrogens is 4. The first-order chi connectivity index (χ1) is 12.2. The zero-order valence-corrected chi connectivity index (χ0v) is 14.1. The summed E-state index contributed by atoms with van der Waals surface area (Å²) in [5.74, 6) is 3.16. The molecule has 126 valence electrons. The molecular weight excluding hydrogens is 316 g/mol. The highest BCUT2D eigenvalue weighted by molar-refractivity contribution is 5.78. The number of imidazole rings is 1. The third-order valence-electron chi connectivity index (χ3n) is 3.98. The number of benzene rings is 1. The Morgan fingerprint density at radius 1 is 1.08 bits per heavy atom. The van der Waals surface area contributed by atoms with E-state index in [0.29, 0.717) is 18.3 Å². The maximum Gasteiger partial charge on any atom is 0.246 e. The van der Waals surface area contributed by atoms with E-state index in [2.05, 4.69) is 15.1 Å². The van der Waals surface area contributed by atoms with Crippen LogP contribution in [0.25, 0.3) is 22.7 Å². The predicted molar refractivity (Wildman–Crippen MR) is 92.9 cm³/mol. The fourth-order valence-corrected chi connectivity index (χ4v) is 2.72. The average molecular weight is 334 g/mol. The van der Waals surface area contributed by atoms with Crippen molar-refractivity contribution in [1.29, 1.82) is 0 Å². The summed E-state index contributed by atoms with van der Waals surface area (Å²) in [5.41, 5.74) is 1.99. The highest BCUT2D eigenvalue weighted by Gasteiger charge is 2.16. The van der Waals surface area contributed by atoms with Crippen LogP contribution in [0.2, 0.25) is 0 Å². The second-order valence-electron chi connectivity index (χ2n) is 6.10. The van der Waals surface area contributed by atoms with Crippen LogP contribution in [-0.4, -0.2) is 19.7 Å². The van der Waals surface area contributed by atoms with Gasteiger partial charge >= 0.3 is 0 Å². The molecular formula is C19H18N4O2. The Kier molecular flexibility index (Phi) is 3.93. The molecule has 3 heterocycles. The third kappa shape index (κ3) is 2.98. The molecule has 0 aliphatic rings. The van der Waals surface area contributed by atoms with Gasteiger partial charge in [-0.05, 0) is 12.1 Å². The lowest BCUT2D eigenvalue weighted by molar-refractivity contribution is 0.365. The summed E-state index contributed by atoms with van der Waals surface area (Å²) in [5, 5.41) is 4.02. The van der Waals surface area contributed by atoms with E-state index in [9.17, 15) is 0 Å². The molecule has 3 aromatic heterocycles. The van der Waals surface area contributed by atoms with Gasteiger partial charge in [-0.2, -0.15) is 4.98 Å². The van der Waals surface area contributed by atoms with Crippen LogP contribution < -0.4 is 0 Å². The molecule has 1 aromatic carbocycles. The van der Waals surface area contributed by atoms with Gasteiger partial charge in [0.05, 0.1) is 6.26 Å². The Hall–Kier alpha value is -3.15. The monoisotopic (exact) mass is 334 g/mol. The Morgan fingerprint density at radius 2 is 1.92 bits per heavy atom. The number of furan rings is 1. The lowest BCUT2D eigenvalue weighted by Gasteiger charge is -2.09. The van der Waals surface area contributed by atoms with Crippen LogP contribution in [0, 0.1) is 0 Å². The summed E-state index contributed by atoms with van der Waals surface area (Å²) < 4.78 is 12.9. The van der Waals surface area contributed by atoms with Gasteiger partial charge in [0, 0.05) is 29.4 Å². The van der Waals surface area contributed by atoms with Crippen molar-refractivity contribution in [3.63, 3.8) is 0 Å². The van der Waals surface area contributed by atoms with E-state index in [4.69, 9.17) is 8.94 Å². The Labute approximate surface area is 145 Å². The van der Waals surface area contributed by atoms with Gasteiger partial charge in [0.2, 0.25) is 5.89 Å². The number of hydrogen-bond donors (Lipinski definition) is 0. The molecule has 4 aromatic rings. The minimum atomic E-state index is 0.236. The molecule has 0 atom stereocenters. The summed E-state index contributed by atoms with van der Waals surface area (Å²) >= 11 is 0. The van der Waals surface area contributed by atoms with E-state index in [1.54, 1.807) is 12.5 Å². The summed E-state index contributed by atoms with van der Waals surface area (Å²) in [7, 11) is 0. The van der Waals surface area contributed by atoms with Gasteiger partial charge in [0.1, 0.15) is 18.1 Å². The molecule has 6 nitrogen and oxygen atoms in total. The molecule has 6 heteroatoms. The molecule has 0 N–H and O–H groups in total. The maximum atomic E-state index is 5.57. The van der Waals surface area contributed by atoms with Gasteiger partial charge in [-0.1, -0.05) is 43.3 Å². The highest BCUT2D eigenvalue weighted by atomic mass is 16.5. The van der Waals surface area contributed by atoms with Gasteiger partial charge in [0.25, 0.3) is 0 Å². The second kappa shape index (κ2) is 6.39. The van der Waals surface area contributed by atoms with Gasteiger partial charge < -0.3 is 13.5 Å². The quantitative estimate of drug-likeness (QED) is 0.542. The smallest absolute Gasteiger partial charge is 0.246 e. The number of hydrogen-bond acceptors (Lipinski definition) is 5. The third-order valence-corrected chi connectivity index (χ3v) is 3.98. The molecule has 0 bridgehead atoms. The van der Waals surface area contributed by atoms with Crippen LogP contribution in [0.15, 0.2) is 64.0 Å². The van der Waals surface area contributed by atoms with Gasteiger partial charge in [0.15, 0.2) is 5.82 Å². The number of nitrogens with zero attached hydrogens (tertiary/aromatic N) is 4. The lowest BCUT2D eigenvalue weighted by atomic mass is 10.0. The fraction of sp³-hybridized carbons (Fsp3) is 0.211. The summed E-state index contributed by atoms with van der Waals surface area (Å²) in [6.45, 7) is 4.55. The van der Waals surface area contributed by atoms with E-state index in [1.165, 1.54) is 0 Å². The van der Waals surface area contributed by atoms with E-state index >= 15 is 0 Å². The van der Waals surface area contributed by atoms with Gasteiger partial charge in [-0.25, -0.2) is 4.98 Å². The molecule has 0 saturated heterocycles. The van der Waals surface area contributed by atoms with Gasteiger partial charge in [-0.3, -0.25) is 0 Å². The van der Waals surface area contributed by atoms with Crippen molar-refractivity contribution < 1.29 is 8.94 Å². The van der Waals surface area contributed by atoms with Crippen molar-refractivity contribution >= 4 is 0 Å². The highest BCUT2D eigenvalue weighted by Crippen LogP contribution is 2.31. The van der Waals surface area contributed by atoms with E-state index in [0.717, 1.165) is 22.7 Å². The molecule has 0 aliphatic heterocycles. The van der Waals surface area contributed by atoms with Crippen molar-refractivity contribution in [3.05, 3.63) is 66.8 Å². The lowest BCUT2D eigenvalue weighted by Crippen LogP contribution is -2.02. The van der Waals surface area contributed by atoms with E-state index in [1.807, 2.05) is 61.0 Å². The number of rotatable bonds is 5. The summed E-state index contributed by atoms with van der Waals surface area (Å²) in [4.78, 5) is 8.97. The molecule has 0 spiro atoms. The van der Waals surface area contributed by atoms with Crippen LogP contribution in [0.4, 0.5) is 0 Å². The normalized spacial score (nSPS) is 11.3. The fourth-order valence-electron chi connectivity index (χ4n) is 2.72. The zero-order chi connectivity index (χ0) is 17.2.